The van der Waals surface area contributed by atoms with E-state index in [9.17, 15) is 14.4 Å². The summed E-state index contributed by atoms with van der Waals surface area (Å²) in [5.41, 5.74) is 0. The second-order valence-electron chi connectivity index (χ2n) is 4.47. The first-order chi connectivity index (χ1) is 9.88. The van der Waals surface area contributed by atoms with Gasteiger partial charge in [0.1, 0.15) is 17.6 Å². The second kappa shape index (κ2) is 7.88. The lowest BCUT2D eigenvalue weighted by molar-refractivity contribution is -0.142. The van der Waals surface area contributed by atoms with Crippen molar-refractivity contribution >= 4 is 23.9 Å². The van der Waals surface area contributed by atoms with Crippen molar-refractivity contribution in [3.8, 4) is 0 Å². The Balaban J connectivity index is 2.50. The van der Waals surface area contributed by atoms with Crippen LogP contribution < -0.4 is 5.32 Å². The van der Waals surface area contributed by atoms with Crippen LogP contribution in [0.15, 0.2) is 22.6 Å². The van der Waals surface area contributed by atoms with E-state index in [0.29, 0.717) is 11.5 Å². The number of rotatable bonds is 8. The first-order valence-corrected chi connectivity index (χ1v) is 6.38. The number of amides is 1. The summed E-state index contributed by atoms with van der Waals surface area (Å²) in [7, 11) is 0. The standard InChI is InChI=1S/C14H17NO6/c1-9-5-6-10(21-9)7-8-12(16)15-11(14(19)20)3-2-4-13(17)18/h5-8,11H,2-4H2,1H3,(H,15,16)(H,17,18)(H,19,20)/b8-7+/t11-/m1/s1. The Labute approximate surface area is 121 Å². The van der Waals surface area contributed by atoms with Crippen LogP contribution in [0, 0.1) is 6.92 Å². The molecule has 0 aliphatic heterocycles. The summed E-state index contributed by atoms with van der Waals surface area (Å²) in [4.78, 5) is 33.0. The van der Waals surface area contributed by atoms with Crippen LogP contribution in [-0.2, 0) is 14.4 Å². The van der Waals surface area contributed by atoms with E-state index in [1.54, 1.807) is 19.1 Å². The summed E-state index contributed by atoms with van der Waals surface area (Å²) < 4.78 is 5.23. The zero-order valence-electron chi connectivity index (χ0n) is 11.5. The lowest BCUT2D eigenvalue weighted by Gasteiger charge is -2.12. The lowest BCUT2D eigenvalue weighted by Crippen LogP contribution is -2.40. The van der Waals surface area contributed by atoms with Crippen molar-refractivity contribution in [2.75, 3.05) is 0 Å². The Hall–Kier alpha value is -2.57. The quantitative estimate of drug-likeness (QED) is 0.624. The fourth-order valence-electron chi connectivity index (χ4n) is 1.64. The van der Waals surface area contributed by atoms with Crippen molar-refractivity contribution in [2.45, 2.75) is 32.2 Å². The third kappa shape index (κ3) is 6.42. The Morgan fingerprint density at radius 1 is 1.33 bits per heavy atom. The molecule has 0 aliphatic carbocycles. The molecule has 1 aromatic rings. The summed E-state index contributed by atoms with van der Waals surface area (Å²) in [6.45, 7) is 1.76. The van der Waals surface area contributed by atoms with Crippen molar-refractivity contribution in [3.63, 3.8) is 0 Å². The third-order valence-corrected chi connectivity index (χ3v) is 2.66. The number of hydrogen-bond acceptors (Lipinski definition) is 4. The molecule has 1 atom stereocenters. The van der Waals surface area contributed by atoms with Crippen LogP contribution in [0.1, 0.15) is 30.8 Å². The van der Waals surface area contributed by atoms with E-state index < -0.39 is 23.9 Å². The zero-order chi connectivity index (χ0) is 15.8. The summed E-state index contributed by atoms with van der Waals surface area (Å²) in [5.74, 6) is -1.59. The Morgan fingerprint density at radius 3 is 2.57 bits per heavy atom. The zero-order valence-corrected chi connectivity index (χ0v) is 11.5. The van der Waals surface area contributed by atoms with Gasteiger partial charge in [-0.15, -0.1) is 0 Å². The van der Waals surface area contributed by atoms with Gasteiger partial charge in [0.2, 0.25) is 5.91 Å². The smallest absolute Gasteiger partial charge is 0.326 e. The number of carboxylic acid groups (broad SMARTS) is 2. The maximum Gasteiger partial charge on any atom is 0.326 e. The van der Waals surface area contributed by atoms with Crippen LogP contribution in [0.25, 0.3) is 6.08 Å². The average molecular weight is 295 g/mol. The van der Waals surface area contributed by atoms with Gasteiger partial charge in [-0.3, -0.25) is 9.59 Å². The fraction of sp³-hybridized carbons (Fsp3) is 0.357. The Morgan fingerprint density at radius 2 is 2.05 bits per heavy atom. The molecule has 0 saturated heterocycles. The highest BCUT2D eigenvalue weighted by atomic mass is 16.4. The number of aryl methyl sites for hydroxylation is 1. The van der Waals surface area contributed by atoms with Gasteiger partial charge in [0.05, 0.1) is 0 Å². The topological polar surface area (TPSA) is 117 Å². The van der Waals surface area contributed by atoms with Crippen molar-refractivity contribution < 1.29 is 29.0 Å². The van der Waals surface area contributed by atoms with E-state index in [2.05, 4.69) is 5.32 Å². The number of carbonyl (C=O) groups is 3. The van der Waals surface area contributed by atoms with E-state index in [1.165, 1.54) is 12.2 Å². The number of carbonyl (C=O) groups excluding carboxylic acids is 1. The summed E-state index contributed by atoms with van der Waals surface area (Å²) in [6.07, 6.45) is 2.69. The molecule has 0 aromatic carbocycles. The molecule has 7 heteroatoms. The van der Waals surface area contributed by atoms with Gasteiger partial charge >= 0.3 is 11.9 Å². The number of hydrogen-bond donors (Lipinski definition) is 3. The van der Waals surface area contributed by atoms with Crippen molar-refractivity contribution in [3.05, 3.63) is 29.7 Å². The highest BCUT2D eigenvalue weighted by Gasteiger charge is 2.18. The molecule has 114 valence electrons. The minimum atomic E-state index is -1.20. The van der Waals surface area contributed by atoms with Gasteiger partial charge in [-0.05, 0) is 38.0 Å². The molecule has 1 rings (SSSR count). The van der Waals surface area contributed by atoms with Crippen molar-refractivity contribution in [1.29, 1.82) is 0 Å². The largest absolute Gasteiger partial charge is 0.481 e. The summed E-state index contributed by atoms with van der Waals surface area (Å²) in [5, 5.41) is 19.8. The Bertz CT molecular complexity index is 545. The van der Waals surface area contributed by atoms with Gasteiger partial charge in [-0.25, -0.2) is 4.79 Å². The van der Waals surface area contributed by atoms with Gasteiger partial charge in [-0.2, -0.15) is 0 Å². The molecule has 1 aromatic heterocycles. The van der Waals surface area contributed by atoms with Gasteiger partial charge in [0.25, 0.3) is 0 Å². The molecule has 0 bridgehead atoms. The molecule has 3 N–H and O–H groups in total. The number of carboxylic acids is 2. The first-order valence-electron chi connectivity index (χ1n) is 6.38. The lowest BCUT2D eigenvalue weighted by atomic mass is 10.1. The molecule has 0 saturated carbocycles. The van der Waals surface area contributed by atoms with E-state index in [0.717, 1.165) is 0 Å². The van der Waals surface area contributed by atoms with E-state index in [1.807, 2.05) is 0 Å². The van der Waals surface area contributed by atoms with Crippen LogP contribution in [0.5, 0.6) is 0 Å². The Kier molecular flexibility index (Phi) is 6.19. The van der Waals surface area contributed by atoms with E-state index in [4.69, 9.17) is 14.6 Å². The fourth-order valence-corrected chi connectivity index (χ4v) is 1.64. The van der Waals surface area contributed by atoms with Crippen LogP contribution in [0.2, 0.25) is 0 Å². The molecule has 0 aliphatic rings. The van der Waals surface area contributed by atoms with Crippen LogP contribution in [-0.4, -0.2) is 34.1 Å². The summed E-state index contributed by atoms with van der Waals surface area (Å²) >= 11 is 0. The number of nitrogens with one attached hydrogen (secondary N) is 1. The van der Waals surface area contributed by atoms with Gasteiger partial charge in [-0.1, -0.05) is 0 Å². The van der Waals surface area contributed by atoms with Gasteiger partial charge in [0, 0.05) is 12.5 Å². The van der Waals surface area contributed by atoms with Gasteiger partial charge in [0.15, 0.2) is 0 Å². The van der Waals surface area contributed by atoms with E-state index >= 15 is 0 Å². The second-order valence-corrected chi connectivity index (χ2v) is 4.47. The van der Waals surface area contributed by atoms with Gasteiger partial charge < -0.3 is 19.9 Å². The monoisotopic (exact) mass is 295 g/mol. The van der Waals surface area contributed by atoms with E-state index in [-0.39, 0.29) is 19.3 Å². The molecule has 0 radical (unpaired) electrons. The molecular formula is C14H17NO6. The van der Waals surface area contributed by atoms with Crippen LogP contribution in [0.4, 0.5) is 0 Å². The van der Waals surface area contributed by atoms with Crippen molar-refractivity contribution in [1.82, 2.24) is 5.32 Å². The van der Waals surface area contributed by atoms with Crippen molar-refractivity contribution in [2.24, 2.45) is 0 Å². The predicted molar refractivity (Wildman–Crippen MR) is 73.5 cm³/mol. The highest BCUT2D eigenvalue weighted by molar-refractivity contribution is 5.94. The minimum Gasteiger partial charge on any atom is -0.481 e. The molecule has 1 amide bonds. The third-order valence-electron chi connectivity index (χ3n) is 2.66. The van der Waals surface area contributed by atoms with Crippen LogP contribution in [0.3, 0.4) is 0 Å². The molecule has 0 spiro atoms. The molecule has 0 unspecified atom stereocenters. The normalized spacial score (nSPS) is 12.2. The predicted octanol–water partition coefficient (Wildman–Crippen LogP) is 1.43. The van der Waals surface area contributed by atoms with Crippen LogP contribution >= 0.6 is 0 Å². The average Bonchev–Trinajstić information content (AvgIpc) is 2.80. The number of aliphatic carboxylic acids is 2. The summed E-state index contributed by atoms with van der Waals surface area (Å²) in [6, 6.07) is 2.31. The maximum atomic E-state index is 11.6. The minimum absolute atomic E-state index is 0.0566. The SMILES string of the molecule is Cc1ccc(/C=C/C(=O)N[C@H](CCCC(=O)O)C(=O)O)o1. The molecule has 0 fully saturated rings. The maximum absolute atomic E-state index is 11.6. The molecule has 7 nitrogen and oxygen atoms in total. The molecule has 21 heavy (non-hydrogen) atoms. The molecular weight excluding hydrogens is 278 g/mol. The first kappa shape index (κ1) is 16.5. The number of furan rings is 1. The molecule has 1 heterocycles. The highest BCUT2D eigenvalue weighted by Crippen LogP contribution is 2.08.